The van der Waals surface area contributed by atoms with E-state index in [9.17, 15) is 0 Å². The highest BCUT2D eigenvalue weighted by atomic mass is 16.4. The van der Waals surface area contributed by atoms with Crippen LogP contribution in [0.3, 0.4) is 0 Å². The van der Waals surface area contributed by atoms with E-state index in [4.69, 9.17) is 4.42 Å². The molecule has 16 heavy (non-hydrogen) atoms. The SMILES string of the molecule is CCCNCc1coc(N2CC=CCC2)n1. The Labute approximate surface area is 96.3 Å². The summed E-state index contributed by atoms with van der Waals surface area (Å²) >= 11 is 0. The molecule has 1 aliphatic heterocycles. The summed E-state index contributed by atoms with van der Waals surface area (Å²) in [6.07, 6.45) is 8.32. The molecule has 1 aromatic heterocycles. The van der Waals surface area contributed by atoms with E-state index < -0.39 is 0 Å². The molecule has 4 heteroatoms. The largest absolute Gasteiger partial charge is 0.432 e. The van der Waals surface area contributed by atoms with Gasteiger partial charge in [0.1, 0.15) is 6.26 Å². The van der Waals surface area contributed by atoms with Gasteiger partial charge in [-0.15, -0.1) is 0 Å². The molecule has 0 aliphatic carbocycles. The van der Waals surface area contributed by atoms with Gasteiger partial charge in [0.25, 0.3) is 6.01 Å². The molecule has 1 aromatic rings. The molecular formula is C12H19N3O. The number of oxazole rings is 1. The van der Waals surface area contributed by atoms with E-state index in [1.165, 1.54) is 0 Å². The summed E-state index contributed by atoms with van der Waals surface area (Å²) in [6.45, 7) is 5.87. The van der Waals surface area contributed by atoms with Gasteiger partial charge in [-0.2, -0.15) is 4.98 Å². The van der Waals surface area contributed by atoms with Crippen molar-refractivity contribution in [3.8, 4) is 0 Å². The van der Waals surface area contributed by atoms with Crippen LogP contribution < -0.4 is 10.2 Å². The lowest BCUT2D eigenvalue weighted by molar-refractivity contribution is 0.536. The third kappa shape index (κ3) is 2.85. The molecule has 4 nitrogen and oxygen atoms in total. The maximum absolute atomic E-state index is 5.48. The van der Waals surface area contributed by atoms with Crippen LogP contribution in [0.1, 0.15) is 25.5 Å². The van der Waals surface area contributed by atoms with Gasteiger partial charge < -0.3 is 14.6 Å². The molecule has 0 fully saturated rings. The van der Waals surface area contributed by atoms with Gasteiger partial charge in [0.15, 0.2) is 0 Å². The van der Waals surface area contributed by atoms with Gasteiger partial charge in [0.2, 0.25) is 0 Å². The van der Waals surface area contributed by atoms with Gasteiger partial charge >= 0.3 is 0 Å². The molecule has 0 spiro atoms. The van der Waals surface area contributed by atoms with Crippen molar-refractivity contribution < 1.29 is 4.42 Å². The molecule has 0 saturated carbocycles. The molecule has 0 atom stereocenters. The van der Waals surface area contributed by atoms with E-state index in [1.807, 2.05) is 0 Å². The average molecular weight is 221 g/mol. The first-order chi connectivity index (χ1) is 7.90. The van der Waals surface area contributed by atoms with Crippen molar-refractivity contribution in [1.29, 1.82) is 0 Å². The first-order valence-electron chi connectivity index (χ1n) is 5.95. The van der Waals surface area contributed by atoms with E-state index in [0.29, 0.717) is 0 Å². The highest BCUT2D eigenvalue weighted by Gasteiger charge is 2.12. The fourth-order valence-corrected chi connectivity index (χ4v) is 1.73. The van der Waals surface area contributed by atoms with Crippen LogP contribution >= 0.6 is 0 Å². The zero-order valence-corrected chi connectivity index (χ0v) is 9.78. The Morgan fingerprint density at radius 1 is 1.50 bits per heavy atom. The predicted molar refractivity (Wildman–Crippen MR) is 64.5 cm³/mol. The number of nitrogens with zero attached hydrogens (tertiary/aromatic N) is 2. The minimum absolute atomic E-state index is 0.748. The fraction of sp³-hybridized carbons (Fsp3) is 0.583. The van der Waals surface area contributed by atoms with Crippen molar-refractivity contribution in [2.45, 2.75) is 26.3 Å². The smallest absolute Gasteiger partial charge is 0.297 e. The van der Waals surface area contributed by atoms with Crippen molar-refractivity contribution in [2.75, 3.05) is 24.5 Å². The third-order valence-electron chi connectivity index (χ3n) is 2.60. The van der Waals surface area contributed by atoms with Crippen LogP contribution in [0.15, 0.2) is 22.8 Å². The number of nitrogens with one attached hydrogen (secondary N) is 1. The van der Waals surface area contributed by atoms with Crippen LogP contribution in [0.5, 0.6) is 0 Å². The minimum atomic E-state index is 0.748. The molecule has 0 aromatic carbocycles. The van der Waals surface area contributed by atoms with E-state index in [0.717, 1.165) is 50.7 Å². The summed E-state index contributed by atoms with van der Waals surface area (Å²) in [5, 5.41) is 3.31. The molecule has 1 N–H and O–H groups in total. The highest BCUT2D eigenvalue weighted by Crippen LogP contribution is 2.16. The second-order valence-electron chi connectivity index (χ2n) is 4.00. The second kappa shape index (κ2) is 5.70. The van der Waals surface area contributed by atoms with Gasteiger partial charge in [-0.1, -0.05) is 19.1 Å². The zero-order valence-electron chi connectivity index (χ0n) is 9.78. The Morgan fingerprint density at radius 3 is 3.19 bits per heavy atom. The number of hydrogen-bond acceptors (Lipinski definition) is 4. The standard InChI is InChI=1S/C12H19N3O/c1-2-6-13-9-11-10-16-12(14-11)15-7-4-3-5-8-15/h3-4,10,13H,2,5-9H2,1H3. The molecule has 0 unspecified atom stereocenters. The molecular weight excluding hydrogens is 202 g/mol. The molecule has 1 aliphatic rings. The minimum Gasteiger partial charge on any atom is -0.432 e. The predicted octanol–water partition coefficient (Wildman–Crippen LogP) is 1.94. The summed E-state index contributed by atoms with van der Waals surface area (Å²) in [5.74, 6) is 0. The molecule has 2 heterocycles. The first kappa shape index (κ1) is 11.2. The monoisotopic (exact) mass is 221 g/mol. The van der Waals surface area contributed by atoms with Crippen LogP contribution in [-0.2, 0) is 6.54 Å². The van der Waals surface area contributed by atoms with Gasteiger partial charge in [0, 0.05) is 19.6 Å². The summed E-state index contributed by atoms with van der Waals surface area (Å²) in [7, 11) is 0. The Hall–Kier alpha value is -1.29. The summed E-state index contributed by atoms with van der Waals surface area (Å²) in [6, 6.07) is 0.748. The zero-order chi connectivity index (χ0) is 11.2. The number of aromatic nitrogens is 1. The van der Waals surface area contributed by atoms with E-state index >= 15 is 0 Å². The van der Waals surface area contributed by atoms with Crippen molar-refractivity contribution in [2.24, 2.45) is 0 Å². The van der Waals surface area contributed by atoms with E-state index in [2.05, 4.69) is 34.3 Å². The first-order valence-corrected chi connectivity index (χ1v) is 5.95. The van der Waals surface area contributed by atoms with Crippen LogP contribution in [0.25, 0.3) is 0 Å². The maximum Gasteiger partial charge on any atom is 0.297 e. The Bertz CT molecular complexity index is 346. The average Bonchev–Trinajstić information content (AvgIpc) is 2.79. The summed E-state index contributed by atoms with van der Waals surface area (Å²) in [5.41, 5.74) is 0.984. The van der Waals surface area contributed by atoms with Gasteiger partial charge in [-0.05, 0) is 19.4 Å². The van der Waals surface area contributed by atoms with Gasteiger partial charge in [-0.3, -0.25) is 0 Å². The van der Waals surface area contributed by atoms with Crippen molar-refractivity contribution in [3.63, 3.8) is 0 Å². The van der Waals surface area contributed by atoms with E-state index in [-0.39, 0.29) is 0 Å². The fourth-order valence-electron chi connectivity index (χ4n) is 1.73. The van der Waals surface area contributed by atoms with Crippen molar-refractivity contribution in [3.05, 3.63) is 24.1 Å². The van der Waals surface area contributed by atoms with Gasteiger partial charge in [0.05, 0.1) is 5.69 Å². The van der Waals surface area contributed by atoms with Crippen molar-refractivity contribution >= 4 is 6.01 Å². The van der Waals surface area contributed by atoms with Crippen LogP contribution in [-0.4, -0.2) is 24.6 Å². The van der Waals surface area contributed by atoms with Crippen molar-refractivity contribution in [1.82, 2.24) is 10.3 Å². The van der Waals surface area contributed by atoms with E-state index in [1.54, 1.807) is 6.26 Å². The molecule has 0 radical (unpaired) electrons. The summed E-state index contributed by atoms with van der Waals surface area (Å²) in [4.78, 5) is 6.62. The highest BCUT2D eigenvalue weighted by molar-refractivity contribution is 5.30. The summed E-state index contributed by atoms with van der Waals surface area (Å²) < 4.78 is 5.48. The lowest BCUT2D eigenvalue weighted by Gasteiger charge is -2.20. The molecule has 0 amide bonds. The Kier molecular flexibility index (Phi) is 3.99. The maximum atomic E-state index is 5.48. The molecule has 0 saturated heterocycles. The van der Waals surface area contributed by atoms with Crippen LogP contribution in [0, 0.1) is 0 Å². The topological polar surface area (TPSA) is 41.3 Å². The molecule has 2 rings (SSSR count). The molecule has 88 valence electrons. The normalized spacial score (nSPS) is 15.7. The quantitative estimate of drug-likeness (QED) is 0.609. The number of hydrogen-bond donors (Lipinski definition) is 1. The second-order valence-corrected chi connectivity index (χ2v) is 4.00. The number of anilines is 1. The Morgan fingerprint density at radius 2 is 2.44 bits per heavy atom. The lowest BCUT2D eigenvalue weighted by atomic mass is 10.3. The number of rotatable bonds is 5. The lowest BCUT2D eigenvalue weighted by Crippen LogP contribution is -2.27. The van der Waals surface area contributed by atoms with Crippen LogP contribution in [0.4, 0.5) is 6.01 Å². The van der Waals surface area contributed by atoms with Crippen LogP contribution in [0.2, 0.25) is 0 Å². The van der Waals surface area contributed by atoms with Gasteiger partial charge in [-0.25, -0.2) is 0 Å². The third-order valence-corrected chi connectivity index (χ3v) is 2.60. The molecule has 0 bridgehead atoms. The Balaban J connectivity index is 1.88.